The van der Waals surface area contributed by atoms with E-state index in [-0.39, 0.29) is 0 Å². The lowest BCUT2D eigenvalue weighted by Crippen LogP contribution is -2.15. The third kappa shape index (κ3) is 1.21. The zero-order chi connectivity index (χ0) is 8.55. The molecule has 1 atom stereocenters. The normalized spacial score (nSPS) is 20.0. The van der Waals surface area contributed by atoms with Gasteiger partial charge < -0.3 is 5.32 Å². The molecule has 0 radical (unpaired) electrons. The van der Waals surface area contributed by atoms with E-state index >= 15 is 0 Å². The van der Waals surface area contributed by atoms with E-state index in [1.165, 1.54) is 5.56 Å². The van der Waals surface area contributed by atoms with Gasteiger partial charge in [-0.25, -0.2) is 0 Å². The lowest BCUT2D eigenvalue weighted by atomic mass is 10.1. The Morgan fingerprint density at radius 1 is 1.42 bits per heavy atom. The van der Waals surface area contributed by atoms with Crippen LogP contribution in [0, 0.1) is 0 Å². The number of nitrogens with one attached hydrogen (secondary N) is 1. The maximum atomic E-state index is 6.01. The largest absolute Gasteiger partial charge is 0.377 e. The number of hydrogen-bond donors (Lipinski definition) is 1. The fraction of sp³-hybridized carbons (Fsp3) is 0.200. The summed E-state index contributed by atoms with van der Waals surface area (Å²) in [5, 5.41) is 4.10. The van der Waals surface area contributed by atoms with Gasteiger partial charge in [-0.2, -0.15) is 0 Å². The second-order valence-electron chi connectivity index (χ2n) is 3.00. The number of anilines is 1. The van der Waals surface area contributed by atoms with Crippen LogP contribution in [0.2, 0.25) is 5.02 Å². The van der Waals surface area contributed by atoms with Crippen molar-refractivity contribution in [1.82, 2.24) is 0 Å². The van der Waals surface area contributed by atoms with E-state index < -0.39 is 0 Å². The molecular formula is C10H10ClN. The summed E-state index contributed by atoms with van der Waals surface area (Å²) in [5.41, 5.74) is 2.22. The van der Waals surface area contributed by atoms with Crippen molar-refractivity contribution >= 4 is 23.4 Å². The van der Waals surface area contributed by atoms with Crippen molar-refractivity contribution in [2.75, 3.05) is 5.32 Å². The Morgan fingerprint density at radius 2 is 2.25 bits per heavy atom. The minimum atomic E-state index is 0.373. The monoisotopic (exact) mass is 179 g/mol. The summed E-state index contributed by atoms with van der Waals surface area (Å²) in [5.74, 6) is 0. The van der Waals surface area contributed by atoms with Gasteiger partial charge in [-0.15, -0.1) is 0 Å². The Balaban J connectivity index is 2.53. The first kappa shape index (κ1) is 7.69. The quantitative estimate of drug-likeness (QED) is 0.645. The fourth-order valence-electron chi connectivity index (χ4n) is 1.36. The Bertz CT molecular complexity index is 331. The molecule has 2 rings (SSSR count). The molecule has 0 saturated heterocycles. The second kappa shape index (κ2) is 2.83. The molecule has 1 nitrogen and oxygen atoms in total. The summed E-state index contributed by atoms with van der Waals surface area (Å²) in [6.45, 7) is 2.10. The smallest absolute Gasteiger partial charge is 0.0643 e. The van der Waals surface area contributed by atoms with E-state index in [9.17, 15) is 0 Å². The van der Waals surface area contributed by atoms with E-state index in [4.69, 9.17) is 11.6 Å². The molecule has 1 heterocycles. The van der Waals surface area contributed by atoms with Gasteiger partial charge in [0.05, 0.1) is 10.7 Å². The van der Waals surface area contributed by atoms with Crippen LogP contribution in [0.5, 0.6) is 0 Å². The Hall–Kier alpha value is -0.950. The van der Waals surface area contributed by atoms with Crippen LogP contribution >= 0.6 is 11.6 Å². The number of rotatable bonds is 0. The molecule has 1 aromatic carbocycles. The summed E-state index contributed by atoms with van der Waals surface area (Å²) >= 11 is 6.01. The predicted molar refractivity (Wildman–Crippen MR) is 53.6 cm³/mol. The topological polar surface area (TPSA) is 12.0 Å². The average molecular weight is 180 g/mol. The van der Waals surface area contributed by atoms with Gasteiger partial charge in [0.25, 0.3) is 0 Å². The summed E-state index contributed by atoms with van der Waals surface area (Å²) < 4.78 is 0. The van der Waals surface area contributed by atoms with Crippen LogP contribution in [0.15, 0.2) is 24.3 Å². The first-order valence-electron chi connectivity index (χ1n) is 4.00. The van der Waals surface area contributed by atoms with Crippen LogP contribution in [-0.4, -0.2) is 6.04 Å². The van der Waals surface area contributed by atoms with Gasteiger partial charge in [0.15, 0.2) is 0 Å². The molecule has 1 unspecified atom stereocenters. The second-order valence-corrected chi connectivity index (χ2v) is 3.40. The lowest BCUT2D eigenvalue weighted by Gasteiger charge is -2.19. The third-order valence-electron chi connectivity index (χ3n) is 1.98. The number of fused-ring (bicyclic) bond motifs is 1. The molecule has 0 fully saturated rings. The van der Waals surface area contributed by atoms with Gasteiger partial charge in [-0.1, -0.05) is 35.9 Å². The van der Waals surface area contributed by atoms with Crippen LogP contribution in [-0.2, 0) is 0 Å². The molecule has 0 bridgehead atoms. The van der Waals surface area contributed by atoms with Gasteiger partial charge in [-0.3, -0.25) is 0 Å². The Kier molecular flexibility index (Phi) is 1.81. The number of halogens is 1. The van der Waals surface area contributed by atoms with E-state index in [0.29, 0.717) is 6.04 Å². The molecule has 0 spiro atoms. The number of hydrogen-bond acceptors (Lipinski definition) is 1. The van der Waals surface area contributed by atoms with E-state index in [1.807, 2.05) is 12.1 Å². The van der Waals surface area contributed by atoms with Crippen LogP contribution in [0.1, 0.15) is 12.5 Å². The van der Waals surface area contributed by atoms with Crippen molar-refractivity contribution in [2.24, 2.45) is 0 Å². The maximum absolute atomic E-state index is 6.01. The minimum absolute atomic E-state index is 0.373. The zero-order valence-electron chi connectivity index (χ0n) is 6.84. The maximum Gasteiger partial charge on any atom is 0.0643 e. The van der Waals surface area contributed by atoms with Crippen LogP contribution in [0.3, 0.4) is 0 Å². The van der Waals surface area contributed by atoms with Gasteiger partial charge in [0, 0.05) is 6.04 Å². The summed E-state index contributed by atoms with van der Waals surface area (Å²) in [6.07, 6.45) is 4.22. The standard InChI is InChI=1S/C10H10ClN/c1-7-5-6-8-3-2-4-9(11)10(8)12-7/h2-7,12H,1H3. The molecular weight excluding hydrogens is 170 g/mol. The number of benzene rings is 1. The highest BCUT2D eigenvalue weighted by molar-refractivity contribution is 6.33. The highest BCUT2D eigenvalue weighted by Gasteiger charge is 2.10. The predicted octanol–water partition coefficient (Wildman–Crippen LogP) is 3.17. The summed E-state index contributed by atoms with van der Waals surface area (Å²) in [7, 11) is 0. The molecule has 1 aliphatic rings. The van der Waals surface area contributed by atoms with Crippen molar-refractivity contribution in [3.05, 3.63) is 34.9 Å². The van der Waals surface area contributed by atoms with E-state index in [1.54, 1.807) is 0 Å². The zero-order valence-corrected chi connectivity index (χ0v) is 7.60. The van der Waals surface area contributed by atoms with E-state index in [0.717, 1.165) is 10.7 Å². The van der Waals surface area contributed by atoms with Gasteiger partial charge in [0.1, 0.15) is 0 Å². The van der Waals surface area contributed by atoms with Crippen LogP contribution in [0.4, 0.5) is 5.69 Å². The summed E-state index contributed by atoms with van der Waals surface area (Å²) in [6, 6.07) is 6.29. The first-order valence-corrected chi connectivity index (χ1v) is 4.38. The van der Waals surface area contributed by atoms with Gasteiger partial charge in [0.2, 0.25) is 0 Å². The molecule has 2 heteroatoms. The third-order valence-corrected chi connectivity index (χ3v) is 2.30. The van der Waals surface area contributed by atoms with E-state index in [2.05, 4.69) is 30.5 Å². The van der Waals surface area contributed by atoms with Crippen LogP contribution in [0.25, 0.3) is 6.08 Å². The number of para-hydroxylation sites is 1. The van der Waals surface area contributed by atoms with Gasteiger partial charge in [-0.05, 0) is 18.6 Å². The minimum Gasteiger partial charge on any atom is -0.377 e. The molecule has 1 N–H and O–H groups in total. The Labute approximate surface area is 77.0 Å². The lowest BCUT2D eigenvalue weighted by molar-refractivity contribution is 0.992. The van der Waals surface area contributed by atoms with Crippen molar-refractivity contribution in [3.63, 3.8) is 0 Å². The SMILES string of the molecule is CC1C=Cc2cccc(Cl)c2N1. The fourth-order valence-corrected chi connectivity index (χ4v) is 1.59. The molecule has 0 saturated carbocycles. The average Bonchev–Trinajstić information content (AvgIpc) is 2.07. The first-order chi connectivity index (χ1) is 5.77. The van der Waals surface area contributed by atoms with Crippen molar-refractivity contribution in [3.8, 4) is 0 Å². The summed E-state index contributed by atoms with van der Waals surface area (Å²) in [4.78, 5) is 0. The molecule has 1 aliphatic heterocycles. The van der Waals surface area contributed by atoms with Crippen molar-refractivity contribution < 1.29 is 0 Å². The van der Waals surface area contributed by atoms with Crippen molar-refractivity contribution in [2.45, 2.75) is 13.0 Å². The van der Waals surface area contributed by atoms with Gasteiger partial charge >= 0.3 is 0 Å². The molecule has 0 aliphatic carbocycles. The highest BCUT2D eigenvalue weighted by atomic mass is 35.5. The molecule has 12 heavy (non-hydrogen) atoms. The van der Waals surface area contributed by atoms with Crippen molar-refractivity contribution in [1.29, 1.82) is 0 Å². The van der Waals surface area contributed by atoms with Crippen LogP contribution < -0.4 is 5.32 Å². The molecule has 0 amide bonds. The highest BCUT2D eigenvalue weighted by Crippen LogP contribution is 2.30. The Morgan fingerprint density at radius 3 is 3.08 bits per heavy atom. The molecule has 62 valence electrons. The molecule has 0 aromatic heterocycles. The molecule has 1 aromatic rings.